The molecule has 0 aromatic carbocycles. The highest BCUT2D eigenvalue weighted by Gasteiger charge is 2.12. The summed E-state index contributed by atoms with van der Waals surface area (Å²) in [5.74, 6) is 0. The van der Waals surface area contributed by atoms with E-state index in [1.807, 2.05) is 0 Å². The minimum absolute atomic E-state index is 0.417. The minimum Gasteiger partial charge on any atom is -0.393 e. The third kappa shape index (κ3) is 9.47. The van der Waals surface area contributed by atoms with Crippen molar-refractivity contribution in [2.75, 3.05) is 40.5 Å². The fourth-order valence-corrected chi connectivity index (χ4v) is 1.87. The van der Waals surface area contributed by atoms with Crippen LogP contribution in [0.15, 0.2) is 0 Å². The van der Waals surface area contributed by atoms with Crippen LogP contribution < -0.4 is 5.73 Å². The summed E-state index contributed by atoms with van der Waals surface area (Å²) in [5, 5.41) is 0. The highest BCUT2D eigenvalue weighted by molar-refractivity contribution is 7.80. The molecule has 1 unspecified atom stereocenters. The normalized spacial score (nSPS) is 12.9. The average Bonchev–Trinajstić information content (AvgIpc) is 2.28. The van der Waals surface area contributed by atoms with Crippen LogP contribution >= 0.6 is 12.2 Å². The van der Waals surface area contributed by atoms with E-state index in [4.69, 9.17) is 27.4 Å². The second-order valence-electron chi connectivity index (χ2n) is 4.26. The van der Waals surface area contributed by atoms with E-state index in [9.17, 15) is 0 Å². The molecule has 5 heteroatoms. The van der Waals surface area contributed by atoms with Gasteiger partial charge in [-0.3, -0.25) is 4.90 Å². The lowest BCUT2D eigenvalue weighted by Crippen LogP contribution is -2.39. The Morgan fingerprint density at radius 3 is 2.47 bits per heavy atom. The molecule has 0 aromatic rings. The van der Waals surface area contributed by atoms with E-state index < -0.39 is 0 Å². The van der Waals surface area contributed by atoms with Crippen molar-refractivity contribution in [3.05, 3.63) is 0 Å². The van der Waals surface area contributed by atoms with Gasteiger partial charge < -0.3 is 15.2 Å². The number of hydrogen-bond donors (Lipinski definition) is 1. The Balaban J connectivity index is 3.87. The Kier molecular flexibility index (Phi) is 10.7. The Morgan fingerprint density at radius 1 is 1.24 bits per heavy atom. The van der Waals surface area contributed by atoms with Gasteiger partial charge in [0.1, 0.15) is 0 Å². The maximum Gasteiger partial charge on any atom is 0.0727 e. The van der Waals surface area contributed by atoms with Crippen molar-refractivity contribution in [3.63, 3.8) is 0 Å². The van der Waals surface area contributed by atoms with E-state index in [0.29, 0.717) is 11.0 Å². The van der Waals surface area contributed by atoms with Gasteiger partial charge in [-0.1, -0.05) is 12.2 Å². The molecule has 2 N–H and O–H groups in total. The fourth-order valence-electron chi connectivity index (χ4n) is 1.72. The van der Waals surface area contributed by atoms with Gasteiger partial charge in [0, 0.05) is 26.8 Å². The Bertz CT molecular complexity index is 203. The van der Waals surface area contributed by atoms with E-state index in [1.165, 1.54) is 0 Å². The summed E-state index contributed by atoms with van der Waals surface area (Å²) in [5.41, 5.74) is 5.47. The van der Waals surface area contributed by atoms with Gasteiger partial charge in [0.15, 0.2) is 0 Å². The summed E-state index contributed by atoms with van der Waals surface area (Å²) in [6.07, 6.45) is 3.00. The maximum atomic E-state index is 5.47. The first-order valence-corrected chi connectivity index (χ1v) is 6.52. The van der Waals surface area contributed by atoms with Crippen molar-refractivity contribution in [3.8, 4) is 0 Å². The zero-order valence-electron chi connectivity index (χ0n) is 11.3. The monoisotopic (exact) mass is 262 g/mol. The van der Waals surface area contributed by atoms with E-state index in [0.717, 1.165) is 45.6 Å². The lowest BCUT2D eigenvalue weighted by molar-refractivity contribution is 0.0741. The van der Waals surface area contributed by atoms with Crippen molar-refractivity contribution in [1.82, 2.24) is 4.90 Å². The molecule has 102 valence electrons. The molecule has 17 heavy (non-hydrogen) atoms. The van der Waals surface area contributed by atoms with Gasteiger partial charge in [-0.2, -0.15) is 0 Å². The third-order valence-corrected chi connectivity index (χ3v) is 2.94. The summed E-state index contributed by atoms with van der Waals surface area (Å²) in [7, 11) is 3.46. The molecule has 1 atom stereocenters. The SMILES string of the molecule is COCCN(CCCCC(N)=S)C(C)COC. The van der Waals surface area contributed by atoms with Crippen molar-refractivity contribution >= 4 is 17.2 Å². The van der Waals surface area contributed by atoms with Gasteiger partial charge in [0.05, 0.1) is 18.2 Å². The number of unbranched alkanes of at least 4 members (excludes halogenated alkanes) is 1. The molecule has 0 amide bonds. The lowest BCUT2D eigenvalue weighted by Gasteiger charge is -2.28. The van der Waals surface area contributed by atoms with Crippen molar-refractivity contribution in [2.24, 2.45) is 5.73 Å². The van der Waals surface area contributed by atoms with Crippen LogP contribution in [0.2, 0.25) is 0 Å². The predicted molar refractivity (Wildman–Crippen MR) is 75.4 cm³/mol. The van der Waals surface area contributed by atoms with Crippen LogP contribution in [-0.2, 0) is 9.47 Å². The molecule has 4 nitrogen and oxygen atoms in total. The average molecular weight is 262 g/mol. The van der Waals surface area contributed by atoms with Gasteiger partial charge in [-0.05, 0) is 32.7 Å². The molecular formula is C12H26N2O2S. The molecule has 0 fully saturated rings. The second kappa shape index (κ2) is 10.9. The van der Waals surface area contributed by atoms with Gasteiger partial charge >= 0.3 is 0 Å². The number of rotatable bonds is 11. The first-order chi connectivity index (χ1) is 8.11. The number of hydrogen-bond acceptors (Lipinski definition) is 4. The molecule has 0 spiro atoms. The van der Waals surface area contributed by atoms with Crippen molar-refractivity contribution in [1.29, 1.82) is 0 Å². The Labute approximate surface area is 110 Å². The first kappa shape index (κ1) is 16.8. The molecule has 0 radical (unpaired) electrons. The van der Waals surface area contributed by atoms with E-state index in [2.05, 4.69) is 11.8 Å². The molecular weight excluding hydrogens is 236 g/mol. The molecule has 0 aliphatic heterocycles. The van der Waals surface area contributed by atoms with E-state index in [-0.39, 0.29) is 0 Å². The zero-order valence-corrected chi connectivity index (χ0v) is 12.1. The highest BCUT2D eigenvalue weighted by Crippen LogP contribution is 2.04. The lowest BCUT2D eigenvalue weighted by atomic mass is 10.2. The summed E-state index contributed by atoms with van der Waals surface area (Å²) >= 11 is 4.86. The van der Waals surface area contributed by atoms with Gasteiger partial charge in [0.25, 0.3) is 0 Å². The summed E-state index contributed by atoms with van der Waals surface area (Å²) < 4.78 is 10.3. The molecule has 0 saturated carbocycles. The number of thiocarbonyl (C=S) groups is 1. The Hall–Kier alpha value is -0.230. The van der Waals surface area contributed by atoms with Crippen LogP contribution in [0.4, 0.5) is 0 Å². The molecule has 0 aliphatic carbocycles. The maximum absolute atomic E-state index is 5.47. The number of ether oxygens (including phenoxy) is 2. The van der Waals surface area contributed by atoms with Gasteiger partial charge in [-0.15, -0.1) is 0 Å². The zero-order chi connectivity index (χ0) is 13.1. The van der Waals surface area contributed by atoms with Crippen LogP contribution in [0.1, 0.15) is 26.2 Å². The molecule has 0 aromatic heterocycles. The summed E-state index contributed by atoms with van der Waals surface area (Å²) in [6.45, 7) is 5.65. The van der Waals surface area contributed by atoms with Crippen molar-refractivity contribution in [2.45, 2.75) is 32.2 Å². The molecule has 0 saturated heterocycles. The van der Waals surface area contributed by atoms with E-state index >= 15 is 0 Å². The number of nitrogens with two attached hydrogens (primary N) is 1. The molecule has 0 heterocycles. The molecule has 0 aliphatic rings. The number of methoxy groups -OCH3 is 2. The third-order valence-electron chi connectivity index (χ3n) is 2.73. The van der Waals surface area contributed by atoms with Crippen molar-refractivity contribution < 1.29 is 9.47 Å². The van der Waals surface area contributed by atoms with Gasteiger partial charge in [-0.25, -0.2) is 0 Å². The van der Waals surface area contributed by atoms with Crippen LogP contribution in [-0.4, -0.2) is 56.5 Å². The first-order valence-electron chi connectivity index (χ1n) is 6.12. The standard InChI is InChI=1S/C12H26N2O2S/c1-11(10-16-3)14(8-9-15-2)7-5-4-6-12(13)17/h11H,4-10H2,1-3H3,(H2,13,17). The number of nitrogens with zero attached hydrogens (tertiary/aromatic N) is 1. The Morgan fingerprint density at radius 2 is 1.94 bits per heavy atom. The largest absolute Gasteiger partial charge is 0.393 e. The summed E-state index contributed by atoms with van der Waals surface area (Å²) in [6, 6.07) is 0.417. The van der Waals surface area contributed by atoms with Gasteiger partial charge in [0.2, 0.25) is 0 Å². The van der Waals surface area contributed by atoms with Crippen LogP contribution in [0.5, 0.6) is 0 Å². The van der Waals surface area contributed by atoms with E-state index in [1.54, 1.807) is 14.2 Å². The highest BCUT2D eigenvalue weighted by atomic mass is 32.1. The van der Waals surface area contributed by atoms with Crippen LogP contribution in [0, 0.1) is 0 Å². The molecule has 0 rings (SSSR count). The quantitative estimate of drug-likeness (QED) is 0.451. The predicted octanol–water partition coefficient (Wildman–Crippen LogP) is 1.43. The second-order valence-corrected chi connectivity index (χ2v) is 4.78. The topological polar surface area (TPSA) is 47.7 Å². The smallest absolute Gasteiger partial charge is 0.0727 e. The minimum atomic E-state index is 0.417. The van der Waals surface area contributed by atoms with Crippen LogP contribution in [0.3, 0.4) is 0 Å². The summed E-state index contributed by atoms with van der Waals surface area (Å²) in [4.78, 5) is 2.99. The molecule has 0 bridgehead atoms. The van der Waals surface area contributed by atoms with Crippen LogP contribution in [0.25, 0.3) is 0 Å². The fraction of sp³-hybridized carbons (Fsp3) is 0.917.